The van der Waals surface area contributed by atoms with Gasteiger partial charge in [0.05, 0.1) is 34.3 Å². The summed E-state index contributed by atoms with van der Waals surface area (Å²) in [6, 6.07) is 9.63. The van der Waals surface area contributed by atoms with Crippen molar-refractivity contribution in [1.82, 2.24) is 9.97 Å². The molecule has 3 N–H and O–H groups in total. The van der Waals surface area contributed by atoms with Crippen LogP contribution in [0.1, 0.15) is 36.1 Å². The van der Waals surface area contributed by atoms with Crippen LogP contribution in [0.25, 0.3) is 11.3 Å². The van der Waals surface area contributed by atoms with Crippen LogP contribution in [0.4, 0.5) is 23.0 Å². The number of rotatable bonds is 4. The molecule has 0 fully saturated rings. The molecule has 2 aromatic carbocycles. The third-order valence-electron chi connectivity index (χ3n) is 6.99. The van der Waals surface area contributed by atoms with Crippen molar-refractivity contribution in [2.24, 2.45) is 0 Å². The van der Waals surface area contributed by atoms with Gasteiger partial charge in [-0.25, -0.2) is 9.97 Å². The van der Waals surface area contributed by atoms with Crippen molar-refractivity contribution in [2.45, 2.75) is 32.6 Å². The summed E-state index contributed by atoms with van der Waals surface area (Å²) in [6.45, 7) is 6.65. The van der Waals surface area contributed by atoms with E-state index in [1.54, 1.807) is 36.2 Å². The maximum Gasteiger partial charge on any atom is 0.227 e. The van der Waals surface area contributed by atoms with E-state index >= 15 is 0 Å². The first kappa shape index (κ1) is 23.1. The predicted octanol–water partition coefficient (Wildman–Crippen LogP) is 4.31. The highest BCUT2D eigenvalue weighted by Crippen LogP contribution is 2.42. The Morgan fingerprint density at radius 3 is 2.91 bits per heavy atom. The number of aromatic nitrogens is 2. The van der Waals surface area contributed by atoms with Gasteiger partial charge >= 0.3 is 0 Å². The maximum absolute atomic E-state index is 12.0. The summed E-state index contributed by atoms with van der Waals surface area (Å²) >= 11 is 6.58. The Balaban J connectivity index is 1.52. The van der Waals surface area contributed by atoms with Gasteiger partial charge in [0.15, 0.2) is 0 Å². The molecule has 0 saturated heterocycles. The first-order valence-electron chi connectivity index (χ1n) is 11.4. The van der Waals surface area contributed by atoms with Crippen molar-refractivity contribution >= 4 is 40.5 Å². The van der Waals surface area contributed by atoms with Crippen LogP contribution in [0.2, 0.25) is 5.02 Å². The SMILES string of the molecule is CC(=O)N1CCc2c(C)c(Nc3nccc(-c4cc(C#N)c5c(c4)C(C)(CO)CN5)n3)cc(Cl)c21. The van der Waals surface area contributed by atoms with Gasteiger partial charge in [0.2, 0.25) is 11.9 Å². The van der Waals surface area contributed by atoms with Crippen LogP contribution < -0.4 is 15.5 Å². The Kier molecular flexibility index (Phi) is 5.62. The Labute approximate surface area is 208 Å². The minimum absolute atomic E-state index is 0.0274. The van der Waals surface area contributed by atoms with Gasteiger partial charge < -0.3 is 20.6 Å². The Morgan fingerprint density at radius 1 is 1.40 bits per heavy atom. The predicted molar refractivity (Wildman–Crippen MR) is 136 cm³/mol. The number of aliphatic hydroxyl groups excluding tert-OH is 1. The zero-order valence-corrected chi connectivity index (χ0v) is 20.5. The fourth-order valence-electron chi connectivity index (χ4n) is 4.93. The van der Waals surface area contributed by atoms with E-state index in [4.69, 9.17) is 16.6 Å². The van der Waals surface area contributed by atoms with Crippen molar-refractivity contribution in [1.29, 1.82) is 5.26 Å². The number of amides is 1. The lowest BCUT2D eigenvalue weighted by molar-refractivity contribution is -0.116. The number of halogens is 1. The summed E-state index contributed by atoms with van der Waals surface area (Å²) < 4.78 is 0. The number of nitriles is 1. The van der Waals surface area contributed by atoms with Crippen molar-refractivity contribution in [3.63, 3.8) is 0 Å². The number of carbonyl (C=O) groups excluding carboxylic acids is 1. The summed E-state index contributed by atoms with van der Waals surface area (Å²) in [6.07, 6.45) is 2.40. The van der Waals surface area contributed by atoms with Gasteiger partial charge in [-0.05, 0) is 54.3 Å². The standard InChI is InChI=1S/C26H25ClN6O2/c1-14-18-5-7-33(15(2)35)24(18)20(27)10-22(14)32-25-29-6-4-21(31-25)16-8-17(11-28)23-19(9-16)26(3,13-34)12-30-23/h4,6,8-10,30,34H,5,7,12-13H2,1-3H3,(H,29,31,32). The van der Waals surface area contributed by atoms with Crippen LogP contribution in [0.5, 0.6) is 0 Å². The van der Waals surface area contributed by atoms with Gasteiger partial charge in [0.25, 0.3) is 0 Å². The average molecular weight is 489 g/mol. The average Bonchev–Trinajstić information content (AvgIpc) is 3.45. The van der Waals surface area contributed by atoms with Crippen molar-refractivity contribution in [3.05, 3.63) is 57.7 Å². The van der Waals surface area contributed by atoms with Crippen molar-refractivity contribution in [2.75, 3.05) is 35.2 Å². The number of hydrogen-bond acceptors (Lipinski definition) is 7. The van der Waals surface area contributed by atoms with Crippen LogP contribution in [0.3, 0.4) is 0 Å². The molecule has 3 heterocycles. The van der Waals surface area contributed by atoms with Crippen LogP contribution in [0.15, 0.2) is 30.5 Å². The molecule has 1 aromatic heterocycles. The molecule has 1 unspecified atom stereocenters. The molecule has 1 atom stereocenters. The normalized spacial score (nSPS) is 18.0. The Bertz CT molecular complexity index is 1420. The third-order valence-corrected chi connectivity index (χ3v) is 7.27. The molecule has 0 radical (unpaired) electrons. The highest BCUT2D eigenvalue weighted by atomic mass is 35.5. The molecule has 2 aliphatic heterocycles. The Hall–Kier alpha value is -3.67. The molecule has 0 saturated carbocycles. The van der Waals surface area contributed by atoms with Crippen molar-refractivity contribution in [3.8, 4) is 17.3 Å². The fourth-order valence-corrected chi connectivity index (χ4v) is 5.26. The molecular formula is C26H25ClN6O2. The molecule has 0 spiro atoms. The van der Waals surface area contributed by atoms with E-state index in [1.807, 2.05) is 19.9 Å². The molecule has 3 aromatic rings. The summed E-state index contributed by atoms with van der Waals surface area (Å²) in [4.78, 5) is 22.8. The highest BCUT2D eigenvalue weighted by molar-refractivity contribution is 6.34. The quantitative estimate of drug-likeness (QED) is 0.501. The second-order valence-electron chi connectivity index (χ2n) is 9.30. The van der Waals surface area contributed by atoms with Gasteiger partial charge in [-0.15, -0.1) is 0 Å². The summed E-state index contributed by atoms with van der Waals surface area (Å²) in [5, 5.41) is 26.7. The zero-order valence-electron chi connectivity index (χ0n) is 19.7. The van der Waals surface area contributed by atoms with Gasteiger partial charge in [0, 0.05) is 42.9 Å². The van der Waals surface area contributed by atoms with Gasteiger partial charge in [-0.3, -0.25) is 4.79 Å². The smallest absolute Gasteiger partial charge is 0.227 e. The van der Waals surface area contributed by atoms with Crippen LogP contribution in [-0.2, 0) is 16.6 Å². The molecule has 0 bridgehead atoms. The lowest BCUT2D eigenvalue weighted by atomic mass is 9.83. The number of nitrogens with zero attached hydrogens (tertiary/aromatic N) is 4. The molecular weight excluding hydrogens is 464 g/mol. The second-order valence-corrected chi connectivity index (χ2v) is 9.71. The largest absolute Gasteiger partial charge is 0.395 e. The molecule has 35 heavy (non-hydrogen) atoms. The molecule has 8 nitrogen and oxygen atoms in total. The van der Waals surface area contributed by atoms with E-state index in [1.165, 1.54) is 0 Å². The minimum Gasteiger partial charge on any atom is -0.395 e. The Morgan fingerprint density at radius 2 is 2.20 bits per heavy atom. The molecule has 178 valence electrons. The minimum atomic E-state index is -0.475. The van der Waals surface area contributed by atoms with Gasteiger partial charge in [-0.2, -0.15) is 5.26 Å². The molecule has 0 aliphatic carbocycles. The van der Waals surface area contributed by atoms with Crippen molar-refractivity contribution < 1.29 is 9.90 Å². The molecule has 5 rings (SSSR count). The number of hydrogen-bond donors (Lipinski definition) is 3. The number of fused-ring (bicyclic) bond motifs is 2. The number of benzene rings is 2. The van der Waals surface area contributed by atoms with Crippen LogP contribution in [0, 0.1) is 18.3 Å². The van der Waals surface area contributed by atoms with Crippen LogP contribution in [-0.4, -0.2) is 40.7 Å². The fraction of sp³-hybridized carbons (Fsp3) is 0.308. The van der Waals surface area contributed by atoms with E-state index in [2.05, 4.69) is 21.7 Å². The van der Waals surface area contributed by atoms with E-state index in [0.29, 0.717) is 35.3 Å². The topological polar surface area (TPSA) is 114 Å². The molecule has 1 amide bonds. The molecule has 9 heteroatoms. The summed E-state index contributed by atoms with van der Waals surface area (Å²) in [7, 11) is 0. The van der Waals surface area contributed by atoms with E-state index in [9.17, 15) is 15.2 Å². The number of carbonyl (C=O) groups is 1. The third kappa shape index (κ3) is 3.77. The highest BCUT2D eigenvalue weighted by Gasteiger charge is 2.36. The van der Waals surface area contributed by atoms with E-state index < -0.39 is 5.41 Å². The van der Waals surface area contributed by atoms with E-state index in [-0.39, 0.29) is 12.5 Å². The van der Waals surface area contributed by atoms with Crippen LogP contribution >= 0.6 is 11.6 Å². The number of anilines is 4. The first-order valence-corrected chi connectivity index (χ1v) is 11.8. The number of nitrogens with one attached hydrogen (secondary N) is 2. The van der Waals surface area contributed by atoms with E-state index in [0.717, 1.165) is 45.7 Å². The van der Waals surface area contributed by atoms with Gasteiger partial charge in [-0.1, -0.05) is 18.5 Å². The second kappa shape index (κ2) is 8.52. The zero-order chi connectivity index (χ0) is 24.9. The summed E-state index contributed by atoms with van der Waals surface area (Å²) in [5.74, 6) is 0.366. The lowest BCUT2D eigenvalue weighted by Gasteiger charge is -2.21. The number of aliphatic hydroxyl groups is 1. The summed E-state index contributed by atoms with van der Waals surface area (Å²) in [5.41, 5.74) is 6.73. The van der Waals surface area contributed by atoms with Gasteiger partial charge in [0.1, 0.15) is 6.07 Å². The monoisotopic (exact) mass is 488 g/mol. The first-order chi connectivity index (χ1) is 16.8. The maximum atomic E-state index is 12.0. The lowest BCUT2D eigenvalue weighted by Crippen LogP contribution is -2.28. The molecule has 2 aliphatic rings.